The summed E-state index contributed by atoms with van der Waals surface area (Å²) in [5.74, 6) is -0.409. The average molecular weight is 408 g/mol. The van der Waals surface area contributed by atoms with Crippen LogP contribution in [-0.2, 0) is 9.59 Å². The third kappa shape index (κ3) is 5.40. The predicted molar refractivity (Wildman–Crippen MR) is 100 cm³/mol. The minimum absolute atomic E-state index is 0.0422. The van der Waals surface area contributed by atoms with E-state index in [1.807, 2.05) is 0 Å². The molecule has 0 spiro atoms. The molecule has 0 saturated carbocycles. The lowest BCUT2D eigenvalue weighted by atomic mass is 10.1. The number of rotatable bonds is 6. The van der Waals surface area contributed by atoms with Gasteiger partial charge in [-0.15, -0.1) is 0 Å². The number of nitrogens with zero attached hydrogens (tertiary/aromatic N) is 1. The molecule has 29 heavy (non-hydrogen) atoms. The van der Waals surface area contributed by atoms with Gasteiger partial charge in [0, 0.05) is 30.4 Å². The first-order valence-electron chi connectivity index (χ1n) is 8.80. The summed E-state index contributed by atoms with van der Waals surface area (Å²) in [4.78, 5) is 26.4. The molecule has 3 rings (SSSR count). The second-order valence-corrected chi connectivity index (χ2v) is 6.52. The molecule has 154 valence electrons. The molecule has 2 aromatic carbocycles. The van der Waals surface area contributed by atoms with Crippen LogP contribution in [0.3, 0.4) is 0 Å². The number of hydrogen-bond acceptors (Lipinski definition) is 4. The van der Waals surface area contributed by atoms with E-state index in [1.165, 1.54) is 36.3 Å². The summed E-state index contributed by atoms with van der Waals surface area (Å²) in [6.45, 7) is -1.16. The quantitative estimate of drug-likeness (QED) is 0.793. The van der Waals surface area contributed by atoms with E-state index in [-0.39, 0.29) is 30.5 Å². The van der Waals surface area contributed by atoms with Crippen molar-refractivity contribution < 1.29 is 32.2 Å². The third-order valence-electron chi connectivity index (χ3n) is 4.39. The molecule has 1 aliphatic rings. The number of anilines is 2. The van der Waals surface area contributed by atoms with Crippen LogP contribution < -0.4 is 19.7 Å². The highest BCUT2D eigenvalue weighted by Crippen LogP contribution is 2.29. The van der Waals surface area contributed by atoms with Gasteiger partial charge in [-0.1, -0.05) is 6.07 Å². The van der Waals surface area contributed by atoms with E-state index in [9.17, 15) is 22.8 Å². The number of nitrogens with one attached hydrogen (secondary N) is 1. The number of halogens is 3. The van der Waals surface area contributed by atoms with Gasteiger partial charge >= 0.3 is 6.18 Å². The minimum Gasteiger partial charge on any atom is -0.497 e. The second kappa shape index (κ2) is 8.42. The summed E-state index contributed by atoms with van der Waals surface area (Å²) in [5, 5.41) is 2.68. The Morgan fingerprint density at radius 3 is 2.55 bits per heavy atom. The zero-order chi connectivity index (χ0) is 21.0. The first kappa shape index (κ1) is 20.5. The van der Waals surface area contributed by atoms with Crippen molar-refractivity contribution in [1.29, 1.82) is 0 Å². The predicted octanol–water partition coefficient (Wildman–Crippen LogP) is 3.63. The van der Waals surface area contributed by atoms with Crippen LogP contribution in [0.4, 0.5) is 24.5 Å². The Bertz CT molecular complexity index is 884. The molecule has 1 atom stereocenters. The molecule has 1 aliphatic heterocycles. The summed E-state index contributed by atoms with van der Waals surface area (Å²) in [7, 11) is 1.53. The van der Waals surface area contributed by atoms with E-state index in [2.05, 4.69) is 10.1 Å². The lowest BCUT2D eigenvalue weighted by molar-refractivity contribution is -0.153. The van der Waals surface area contributed by atoms with Crippen LogP contribution in [-0.4, -0.2) is 38.3 Å². The van der Waals surface area contributed by atoms with Crippen LogP contribution in [0.25, 0.3) is 0 Å². The van der Waals surface area contributed by atoms with Crippen molar-refractivity contribution in [2.45, 2.75) is 12.6 Å². The van der Waals surface area contributed by atoms with Gasteiger partial charge < -0.3 is 19.7 Å². The van der Waals surface area contributed by atoms with E-state index >= 15 is 0 Å². The summed E-state index contributed by atoms with van der Waals surface area (Å²) in [6.07, 6.45) is -4.35. The molecule has 1 heterocycles. The van der Waals surface area contributed by atoms with E-state index in [4.69, 9.17) is 4.74 Å². The van der Waals surface area contributed by atoms with Crippen LogP contribution in [0.1, 0.15) is 6.42 Å². The molecule has 2 amide bonds. The van der Waals surface area contributed by atoms with Crippen LogP contribution >= 0.6 is 0 Å². The molecule has 0 aromatic heterocycles. The third-order valence-corrected chi connectivity index (χ3v) is 4.39. The number of methoxy groups -OCH3 is 1. The number of benzene rings is 2. The Hall–Kier alpha value is -3.23. The van der Waals surface area contributed by atoms with Gasteiger partial charge in [-0.05, 0) is 36.4 Å². The van der Waals surface area contributed by atoms with Crippen LogP contribution in [0.5, 0.6) is 11.5 Å². The van der Waals surface area contributed by atoms with Crippen molar-refractivity contribution in [2.24, 2.45) is 5.92 Å². The molecule has 0 radical (unpaired) electrons. The fraction of sp³-hybridized carbons (Fsp3) is 0.300. The molecule has 0 aliphatic carbocycles. The van der Waals surface area contributed by atoms with Gasteiger partial charge in [0.25, 0.3) is 0 Å². The maximum absolute atomic E-state index is 12.5. The molecule has 1 N–H and O–H groups in total. The molecule has 0 bridgehead atoms. The molecular formula is C20H19F3N2O4. The second-order valence-electron chi connectivity index (χ2n) is 6.52. The van der Waals surface area contributed by atoms with Gasteiger partial charge in [0.1, 0.15) is 11.5 Å². The highest BCUT2D eigenvalue weighted by atomic mass is 19.4. The van der Waals surface area contributed by atoms with Crippen LogP contribution in [0.2, 0.25) is 0 Å². The fourth-order valence-electron chi connectivity index (χ4n) is 2.96. The summed E-state index contributed by atoms with van der Waals surface area (Å²) in [5.41, 5.74) is 1.05. The van der Waals surface area contributed by atoms with Crippen LogP contribution in [0, 0.1) is 5.92 Å². The van der Waals surface area contributed by atoms with Gasteiger partial charge in [0.15, 0.2) is 6.61 Å². The monoisotopic (exact) mass is 408 g/mol. The van der Waals surface area contributed by atoms with E-state index in [0.29, 0.717) is 17.1 Å². The maximum Gasteiger partial charge on any atom is 0.422 e. The molecule has 1 fully saturated rings. The highest BCUT2D eigenvalue weighted by molar-refractivity contribution is 6.03. The topological polar surface area (TPSA) is 67.9 Å². The average Bonchev–Trinajstić information content (AvgIpc) is 3.09. The van der Waals surface area contributed by atoms with Gasteiger partial charge in [0.2, 0.25) is 11.8 Å². The molecular weight excluding hydrogens is 389 g/mol. The van der Waals surface area contributed by atoms with Gasteiger partial charge in [-0.25, -0.2) is 0 Å². The largest absolute Gasteiger partial charge is 0.497 e. The Morgan fingerprint density at radius 1 is 1.17 bits per heavy atom. The van der Waals surface area contributed by atoms with Crippen molar-refractivity contribution >= 4 is 23.2 Å². The maximum atomic E-state index is 12.5. The number of ether oxygens (including phenoxy) is 2. The summed E-state index contributed by atoms with van der Waals surface area (Å²) < 4.78 is 46.3. The van der Waals surface area contributed by atoms with E-state index < -0.39 is 18.7 Å². The van der Waals surface area contributed by atoms with Crippen LogP contribution in [0.15, 0.2) is 48.5 Å². The minimum atomic E-state index is -4.42. The highest BCUT2D eigenvalue weighted by Gasteiger charge is 2.35. The number of amides is 2. The Balaban J connectivity index is 1.59. The smallest absolute Gasteiger partial charge is 0.422 e. The zero-order valence-electron chi connectivity index (χ0n) is 15.5. The Labute approximate surface area is 165 Å². The van der Waals surface area contributed by atoms with Crippen molar-refractivity contribution in [3.8, 4) is 11.5 Å². The van der Waals surface area contributed by atoms with Crippen molar-refractivity contribution in [3.63, 3.8) is 0 Å². The lowest BCUT2D eigenvalue weighted by Gasteiger charge is -2.17. The lowest BCUT2D eigenvalue weighted by Crippen LogP contribution is -2.28. The van der Waals surface area contributed by atoms with Gasteiger partial charge in [-0.3, -0.25) is 9.59 Å². The number of hydrogen-bond donors (Lipinski definition) is 1. The summed E-state index contributed by atoms with van der Waals surface area (Å²) in [6, 6.07) is 12.6. The molecule has 2 aromatic rings. The molecule has 6 nitrogen and oxygen atoms in total. The number of carbonyl (C=O) groups is 2. The Kier molecular flexibility index (Phi) is 5.95. The molecule has 1 unspecified atom stereocenters. The first-order valence-corrected chi connectivity index (χ1v) is 8.80. The number of alkyl halides is 3. The molecule has 1 saturated heterocycles. The fourth-order valence-corrected chi connectivity index (χ4v) is 2.96. The number of carbonyl (C=O) groups excluding carboxylic acids is 2. The zero-order valence-corrected chi connectivity index (χ0v) is 15.5. The SMILES string of the molecule is COc1cccc(N2CC(C(=O)Nc3ccc(OCC(F)(F)F)cc3)CC2=O)c1. The Morgan fingerprint density at radius 2 is 1.90 bits per heavy atom. The van der Waals surface area contributed by atoms with Crippen molar-refractivity contribution in [2.75, 3.05) is 30.5 Å². The van der Waals surface area contributed by atoms with Crippen molar-refractivity contribution in [3.05, 3.63) is 48.5 Å². The summed E-state index contributed by atoms with van der Waals surface area (Å²) >= 11 is 0. The van der Waals surface area contributed by atoms with E-state index in [1.54, 1.807) is 24.3 Å². The molecule has 9 heteroatoms. The van der Waals surface area contributed by atoms with Gasteiger partial charge in [0.05, 0.1) is 13.0 Å². The standard InChI is InChI=1S/C20H19F3N2O4/c1-28-17-4-2-3-15(10-17)25-11-13(9-18(25)26)19(27)24-14-5-7-16(8-6-14)29-12-20(21,22)23/h2-8,10,13H,9,11-12H2,1H3,(H,24,27). The van der Waals surface area contributed by atoms with E-state index in [0.717, 1.165) is 0 Å². The first-order chi connectivity index (χ1) is 13.7. The van der Waals surface area contributed by atoms with Crippen molar-refractivity contribution in [1.82, 2.24) is 0 Å². The normalized spacial score (nSPS) is 16.6. The van der Waals surface area contributed by atoms with Gasteiger partial charge in [-0.2, -0.15) is 13.2 Å².